The maximum Gasteiger partial charge on any atom is 0.330 e. The van der Waals surface area contributed by atoms with Gasteiger partial charge in [-0.25, -0.2) is 4.79 Å². The fraction of sp³-hybridized carbons (Fsp3) is 0.350. The molecular weight excluding hydrogens is 378 g/mol. The van der Waals surface area contributed by atoms with Crippen molar-refractivity contribution < 1.29 is 24.0 Å². The van der Waals surface area contributed by atoms with Crippen LogP contribution < -0.4 is 10.6 Å². The molecule has 2 amide bonds. The van der Waals surface area contributed by atoms with Gasteiger partial charge in [0.1, 0.15) is 0 Å². The van der Waals surface area contributed by atoms with E-state index in [-0.39, 0.29) is 24.1 Å². The number of nitrogens with zero attached hydrogens (tertiary/aromatic N) is 1. The quantitative estimate of drug-likeness (QED) is 0.281. The third-order valence-corrected chi connectivity index (χ3v) is 4.31. The van der Waals surface area contributed by atoms with Gasteiger partial charge in [0, 0.05) is 42.8 Å². The summed E-state index contributed by atoms with van der Waals surface area (Å²) in [6.07, 6.45) is 6.59. The molecular formula is C20H23N3O6. The number of carbonyl (C=O) groups is 3. The second-order valence-corrected chi connectivity index (χ2v) is 6.42. The van der Waals surface area contributed by atoms with Crippen molar-refractivity contribution in [3.8, 4) is 0 Å². The van der Waals surface area contributed by atoms with E-state index < -0.39 is 22.8 Å². The predicted octanol–water partition coefficient (Wildman–Crippen LogP) is 1.74. The summed E-state index contributed by atoms with van der Waals surface area (Å²) >= 11 is 0. The van der Waals surface area contributed by atoms with Crippen molar-refractivity contribution in [2.45, 2.75) is 25.8 Å². The molecule has 1 aromatic rings. The van der Waals surface area contributed by atoms with E-state index in [4.69, 9.17) is 4.74 Å². The van der Waals surface area contributed by atoms with Gasteiger partial charge < -0.3 is 15.4 Å². The first-order chi connectivity index (χ1) is 13.9. The van der Waals surface area contributed by atoms with Crippen LogP contribution >= 0.6 is 0 Å². The molecule has 2 N–H and O–H groups in total. The van der Waals surface area contributed by atoms with E-state index in [2.05, 4.69) is 10.6 Å². The molecule has 0 radical (unpaired) electrons. The van der Waals surface area contributed by atoms with E-state index in [1.54, 1.807) is 6.92 Å². The van der Waals surface area contributed by atoms with E-state index in [0.29, 0.717) is 24.9 Å². The molecule has 1 heterocycles. The summed E-state index contributed by atoms with van der Waals surface area (Å²) < 4.78 is 4.84. The van der Waals surface area contributed by atoms with Crippen LogP contribution in [0.3, 0.4) is 0 Å². The molecule has 0 bridgehead atoms. The van der Waals surface area contributed by atoms with Crippen molar-refractivity contribution in [3.63, 3.8) is 0 Å². The number of esters is 1. The molecule has 9 heteroatoms. The van der Waals surface area contributed by atoms with Gasteiger partial charge in [-0.05, 0) is 43.5 Å². The molecule has 0 spiro atoms. The standard InChI is InChI=1S/C20H23N3O6/c1-2-29-19(25)10-6-16(13-15-11-12-21-20(15)26)22-18(24)9-5-14-3-7-17(8-4-14)23(27)28/h3-10,15-16H,2,11-13H2,1H3,(H,21,26)(H,22,24)/t15-,16+/m0/s1. The SMILES string of the molecule is CCOC(=O)C=C[C@H](C[C@@H]1CCNC1=O)NC(=O)C=Cc1ccc([N+](=O)[O-])cc1. The number of hydrogen-bond acceptors (Lipinski definition) is 6. The molecule has 1 aliphatic rings. The number of nitrogens with one attached hydrogen (secondary N) is 2. The molecule has 29 heavy (non-hydrogen) atoms. The number of non-ortho nitro benzene ring substituents is 1. The molecule has 0 saturated carbocycles. The van der Waals surface area contributed by atoms with Crippen LogP contribution in [0.5, 0.6) is 0 Å². The van der Waals surface area contributed by atoms with Gasteiger partial charge in [-0.2, -0.15) is 0 Å². The minimum Gasteiger partial charge on any atom is -0.463 e. The molecule has 1 aromatic carbocycles. The monoisotopic (exact) mass is 401 g/mol. The van der Waals surface area contributed by atoms with E-state index in [1.807, 2.05) is 0 Å². The second kappa shape index (κ2) is 10.7. The predicted molar refractivity (Wildman–Crippen MR) is 106 cm³/mol. The number of ether oxygens (including phenoxy) is 1. The summed E-state index contributed by atoms with van der Waals surface area (Å²) in [5.74, 6) is -1.26. The Hall–Kier alpha value is -3.49. The van der Waals surface area contributed by atoms with Crippen molar-refractivity contribution in [2.75, 3.05) is 13.2 Å². The Morgan fingerprint density at radius 2 is 2.07 bits per heavy atom. The summed E-state index contributed by atoms with van der Waals surface area (Å²) in [5, 5.41) is 16.2. The molecule has 154 valence electrons. The molecule has 0 aromatic heterocycles. The Morgan fingerprint density at radius 1 is 1.34 bits per heavy atom. The summed E-state index contributed by atoms with van der Waals surface area (Å²) in [4.78, 5) is 45.8. The molecule has 9 nitrogen and oxygen atoms in total. The topological polar surface area (TPSA) is 128 Å². The number of carbonyl (C=O) groups excluding carboxylic acids is 3. The Balaban J connectivity index is 2.01. The molecule has 2 rings (SSSR count). The van der Waals surface area contributed by atoms with E-state index in [9.17, 15) is 24.5 Å². The first-order valence-corrected chi connectivity index (χ1v) is 9.24. The number of nitro groups is 1. The fourth-order valence-corrected chi connectivity index (χ4v) is 2.86. The molecule has 0 aliphatic carbocycles. The van der Waals surface area contributed by atoms with Crippen molar-refractivity contribution in [2.24, 2.45) is 5.92 Å². The number of rotatable bonds is 9. The van der Waals surface area contributed by atoms with Crippen LogP contribution in [-0.4, -0.2) is 41.9 Å². The minimum absolute atomic E-state index is 0.0365. The average molecular weight is 401 g/mol. The summed E-state index contributed by atoms with van der Waals surface area (Å²) in [6, 6.07) is 5.23. The van der Waals surface area contributed by atoms with Gasteiger partial charge in [0.25, 0.3) is 5.69 Å². The maximum atomic E-state index is 12.3. The third kappa shape index (κ3) is 7.21. The van der Waals surface area contributed by atoms with Crippen molar-refractivity contribution >= 4 is 29.5 Å². The zero-order chi connectivity index (χ0) is 21.2. The Bertz CT molecular complexity index is 816. The highest BCUT2D eigenvalue weighted by atomic mass is 16.6. The Kier molecular flexibility index (Phi) is 8.08. The Labute approximate surface area is 168 Å². The van der Waals surface area contributed by atoms with Crippen molar-refractivity contribution in [3.05, 3.63) is 58.2 Å². The maximum absolute atomic E-state index is 12.3. The van der Waals surface area contributed by atoms with Crippen molar-refractivity contribution in [1.82, 2.24) is 10.6 Å². The van der Waals surface area contributed by atoms with E-state index in [1.165, 1.54) is 48.6 Å². The van der Waals surface area contributed by atoms with Gasteiger partial charge in [-0.1, -0.05) is 6.08 Å². The Morgan fingerprint density at radius 3 is 2.66 bits per heavy atom. The normalized spacial score (nSPS) is 17.3. The van der Waals surface area contributed by atoms with Gasteiger partial charge in [-0.15, -0.1) is 0 Å². The highest BCUT2D eigenvalue weighted by Gasteiger charge is 2.26. The van der Waals surface area contributed by atoms with Crippen LogP contribution in [0.25, 0.3) is 6.08 Å². The van der Waals surface area contributed by atoms with Crippen LogP contribution in [0.1, 0.15) is 25.3 Å². The van der Waals surface area contributed by atoms with Gasteiger partial charge in [0.05, 0.1) is 11.5 Å². The number of hydrogen-bond donors (Lipinski definition) is 2. The molecule has 1 aliphatic heterocycles. The second-order valence-electron chi connectivity index (χ2n) is 6.42. The van der Waals surface area contributed by atoms with Crippen LogP contribution in [0.15, 0.2) is 42.5 Å². The van der Waals surface area contributed by atoms with Gasteiger partial charge in [-0.3, -0.25) is 19.7 Å². The van der Waals surface area contributed by atoms with E-state index >= 15 is 0 Å². The third-order valence-electron chi connectivity index (χ3n) is 4.31. The summed E-state index contributed by atoms with van der Waals surface area (Å²) in [5.41, 5.74) is 0.588. The van der Waals surface area contributed by atoms with E-state index in [0.717, 1.165) is 0 Å². The van der Waals surface area contributed by atoms with Gasteiger partial charge in [0.2, 0.25) is 11.8 Å². The fourth-order valence-electron chi connectivity index (χ4n) is 2.86. The average Bonchev–Trinajstić information content (AvgIpc) is 3.09. The van der Waals surface area contributed by atoms with Crippen LogP contribution in [0.2, 0.25) is 0 Å². The molecule has 1 fully saturated rings. The van der Waals surface area contributed by atoms with Crippen LogP contribution in [0, 0.1) is 16.0 Å². The lowest BCUT2D eigenvalue weighted by Crippen LogP contribution is -2.35. The number of nitro benzene ring substituents is 1. The zero-order valence-electron chi connectivity index (χ0n) is 16.0. The number of amides is 2. The minimum atomic E-state index is -0.526. The van der Waals surface area contributed by atoms with Crippen LogP contribution in [0.4, 0.5) is 5.69 Å². The highest BCUT2D eigenvalue weighted by molar-refractivity contribution is 5.92. The van der Waals surface area contributed by atoms with Gasteiger partial charge >= 0.3 is 5.97 Å². The lowest BCUT2D eigenvalue weighted by Gasteiger charge is -2.17. The summed E-state index contributed by atoms with van der Waals surface area (Å²) in [7, 11) is 0. The van der Waals surface area contributed by atoms with Gasteiger partial charge in [0.15, 0.2) is 0 Å². The first kappa shape index (κ1) is 21.8. The largest absolute Gasteiger partial charge is 0.463 e. The zero-order valence-corrected chi connectivity index (χ0v) is 16.0. The highest BCUT2D eigenvalue weighted by Crippen LogP contribution is 2.17. The lowest BCUT2D eigenvalue weighted by atomic mass is 9.98. The molecule has 0 unspecified atom stereocenters. The number of benzene rings is 1. The lowest BCUT2D eigenvalue weighted by molar-refractivity contribution is -0.384. The first-order valence-electron chi connectivity index (χ1n) is 9.24. The smallest absolute Gasteiger partial charge is 0.330 e. The van der Waals surface area contributed by atoms with Crippen LogP contribution in [-0.2, 0) is 19.1 Å². The summed E-state index contributed by atoms with van der Waals surface area (Å²) in [6.45, 7) is 2.52. The molecule has 1 saturated heterocycles. The molecule has 2 atom stereocenters. The van der Waals surface area contributed by atoms with Crippen molar-refractivity contribution in [1.29, 1.82) is 0 Å².